The minimum atomic E-state index is -1.05. The van der Waals surface area contributed by atoms with Crippen molar-refractivity contribution in [2.24, 2.45) is 16.8 Å². The van der Waals surface area contributed by atoms with E-state index in [1.54, 1.807) is 11.9 Å². The summed E-state index contributed by atoms with van der Waals surface area (Å²) in [7, 11) is 1.71. The smallest absolute Gasteiger partial charge is 0.272 e. The maximum atomic E-state index is 13.4. The van der Waals surface area contributed by atoms with Crippen molar-refractivity contribution in [3.63, 3.8) is 0 Å². The van der Waals surface area contributed by atoms with Gasteiger partial charge in [0, 0.05) is 18.2 Å². The van der Waals surface area contributed by atoms with E-state index in [-0.39, 0.29) is 11.8 Å². The molecule has 2 aromatic rings. The van der Waals surface area contributed by atoms with Crippen molar-refractivity contribution < 1.29 is 14.7 Å². The number of benzodiazepines with no additional fused rings is 1. The van der Waals surface area contributed by atoms with E-state index in [0.29, 0.717) is 24.5 Å². The molecule has 1 fully saturated rings. The molecular weight excluding hydrogens is 414 g/mol. The number of rotatable bonds is 9. The first-order chi connectivity index (χ1) is 16.0. The SMILES string of the molecule is CCCC[C@@H](O)[C@@H](CC1CC1)C(=O)N[C@H]1N=C(c2ccccc2)c2ccccc2N(C)C1=O. The van der Waals surface area contributed by atoms with E-state index in [0.717, 1.165) is 42.5 Å². The number of carbonyl (C=O) groups excluding carboxylic acids is 2. The van der Waals surface area contributed by atoms with Crippen LogP contribution in [0.3, 0.4) is 0 Å². The molecule has 2 aromatic carbocycles. The summed E-state index contributed by atoms with van der Waals surface area (Å²) in [6, 6.07) is 17.3. The summed E-state index contributed by atoms with van der Waals surface area (Å²) in [5.41, 5.74) is 3.14. The van der Waals surface area contributed by atoms with Crippen molar-refractivity contribution in [3.8, 4) is 0 Å². The predicted molar refractivity (Wildman–Crippen MR) is 130 cm³/mol. The molecule has 4 rings (SSSR count). The van der Waals surface area contributed by atoms with Gasteiger partial charge in [-0.2, -0.15) is 0 Å². The lowest BCUT2D eigenvalue weighted by molar-refractivity contribution is -0.133. The Labute approximate surface area is 195 Å². The van der Waals surface area contributed by atoms with Gasteiger partial charge >= 0.3 is 0 Å². The van der Waals surface area contributed by atoms with Gasteiger partial charge in [-0.15, -0.1) is 0 Å². The van der Waals surface area contributed by atoms with Gasteiger partial charge in [-0.1, -0.05) is 81.1 Å². The molecule has 174 valence electrons. The van der Waals surface area contributed by atoms with Crippen molar-refractivity contribution in [3.05, 3.63) is 65.7 Å². The fourth-order valence-electron chi connectivity index (χ4n) is 4.45. The average Bonchev–Trinajstić information content (AvgIpc) is 3.67. The molecule has 1 saturated carbocycles. The summed E-state index contributed by atoms with van der Waals surface area (Å²) in [5, 5.41) is 13.7. The fraction of sp³-hybridized carbons (Fsp3) is 0.444. The summed E-state index contributed by atoms with van der Waals surface area (Å²) >= 11 is 0. The molecule has 1 aliphatic carbocycles. The molecule has 0 radical (unpaired) electrons. The number of carbonyl (C=O) groups is 2. The lowest BCUT2D eigenvalue weighted by Crippen LogP contribution is -2.49. The Morgan fingerprint density at radius 2 is 1.85 bits per heavy atom. The molecule has 2 N–H and O–H groups in total. The summed E-state index contributed by atoms with van der Waals surface area (Å²) in [6.45, 7) is 2.07. The number of para-hydroxylation sites is 1. The zero-order valence-corrected chi connectivity index (χ0v) is 19.4. The van der Waals surface area contributed by atoms with Crippen molar-refractivity contribution in [1.29, 1.82) is 0 Å². The third kappa shape index (κ3) is 5.33. The van der Waals surface area contributed by atoms with Crippen LogP contribution in [0.1, 0.15) is 56.6 Å². The Kier molecular flexibility index (Phi) is 7.23. The predicted octanol–water partition coefficient (Wildman–Crippen LogP) is 3.91. The van der Waals surface area contributed by atoms with Gasteiger partial charge in [0.25, 0.3) is 5.91 Å². The van der Waals surface area contributed by atoms with Crippen LogP contribution in [0.5, 0.6) is 0 Å². The van der Waals surface area contributed by atoms with Crippen LogP contribution in [0.4, 0.5) is 5.69 Å². The Hall–Kier alpha value is -2.99. The third-order valence-electron chi connectivity index (χ3n) is 6.61. The molecule has 1 aliphatic heterocycles. The molecule has 3 atom stereocenters. The van der Waals surface area contributed by atoms with Crippen LogP contribution in [0.2, 0.25) is 0 Å². The number of benzene rings is 2. The monoisotopic (exact) mass is 447 g/mol. The van der Waals surface area contributed by atoms with Crippen LogP contribution in [-0.4, -0.2) is 41.9 Å². The van der Waals surface area contributed by atoms with Gasteiger partial charge in [0.05, 0.1) is 23.4 Å². The number of unbranched alkanes of at least 4 members (excludes halogenated alkanes) is 1. The molecule has 2 amide bonds. The molecule has 6 heteroatoms. The second-order valence-electron chi connectivity index (χ2n) is 9.16. The van der Waals surface area contributed by atoms with Gasteiger partial charge in [-0.25, -0.2) is 4.99 Å². The van der Waals surface area contributed by atoms with E-state index in [2.05, 4.69) is 12.2 Å². The zero-order chi connectivity index (χ0) is 23.4. The summed E-state index contributed by atoms with van der Waals surface area (Å²) in [6.07, 6.45) is 3.51. The number of aliphatic hydroxyl groups excluding tert-OH is 1. The highest BCUT2D eigenvalue weighted by molar-refractivity contribution is 6.20. The maximum absolute atomic E-state index is 13.4. The number of aliphatic imine (C=N–C) groups is 1. The van der Waals surface area contributed by atoms with E-state index in [1.165, 1.54) is 0 Å². The number of nitrogens with zero attached hydrogens (tertiary/aromatic N) is 2. The zero-order valence-electron chi connectivity index (χ0n) is 19.4. The van der Waals surface area contributed by atoms with E-state index < -0.39 is 18.2 Å². The molecule has 0 unspecified atom stereocenters. The number of fused-ring (bicyclic) bond motifs is 1. The van der Waals surface area contributed by atoms with Gasteiger partial charge < -0.3 is 15.3 Å². The molecule has 1 heterocycles. The average molecular weight is 448 g/mol. The van der Waals surface area contributed by atoms with Crippen LogP contribution in [-0.2, 0) is 9.59 Å². The minimum Gasteiger partial charge on any atom is -0.392 e. The first-order valence-electron chi connectivity index (χ1n) is 12.0. The van der Waals surface area contributed by atoms with Crippen LogP contribution < -0.4 is 10.2 Å². The molecular formula is C27H33N3O3. The van der Waals surface area contributed by atoms with Crippen LogP contribution in [0.25, 0.3) is 0 Å². The normalized spacial score (nSPS) is 19.8. The van der Waals surface area contributed by atoms with Crippen LogP contribution >= 0.6 is 0 Å². The molecule has 33 heavy (non-hydrogen) atoms. The van der Waals surface area contributed by atoms with Crippen LogP contribution in [0.15, 0.2) is 59.6 Å². The van der Waals surface area contributed by atoms with Crippen LogP contribution in [0, 0.1) is 11.8 Å². The maximum Gasteiger partial charge on any atom is 0.272 e. The molecule has 0 saturated heterocycles. The molecule has 0 aromatic heterocycles. The molecule has 0 spiro atoms. The first kappa shape index (κ1) is 23.2. The standard InChI is InChI=1S/C27H33N3O3/c1-3-4-14-23(31)21(17-18-15-16-18)26(32)29-25-27(33)30(2)22-13-9-8-12-20(22)24(28-25)19-10-6-5-7-11-19/h5-13,18,21,23,25,31H,3-4,14-17H2,1-2H3,(H,29,32)/t21-,23-,25-/m1/s1. The Morgan fingerprint density at radius 3 is 2.55 bits per heavy atom. The van der Waals surface area contributed by atoms with Crippen molar-refractivity contribution in [2.75, 3.05) is 11.9 Å². The number of likely N-dealkylation sites (N-methyl/N-ethyl adjacent to an activating group) is 1. The number of anilines is 1. The van der Waals surface area contributed by atoms with Crippen molar-refractivity contribution in [1.82, 2.24) is 5.32 Å². The number of hydrogen-bond acceptors (Lipinski definition) is 4. The third-order valence-corrected chi connectivity index (χ3v) is 6.61. The van der Waals surface area contributed by atoms with Gasteiger partial charge in [0.1, 0.15) is 0 Å². The van der Waals surface area contributed by atoms with E-state index >= 15 is 0 Å². The number of amides is 2. The number of hydrogen-bond donors (Lipinski definition) is 2. The fourth-order valence-corrected chi connectivity index (χ4v) is 4.45. The lowest BCUT2D eigenvalue weighted by Gasteiger charge is -2.25. The number of aliphatic hydroxyl groups is 1. The van der Waals surface area contributed by atoms with Gasteiger partial charge in [0.15, 0.2) is 0 Å². The molecule has 2 aliphatic rings. The second-order valence-corrected chi connectivity index (χ2v) is 9.16. The Balaban J connectivity index is 1.65. The summed E-state index contributed by atoms with van der Waals surface area (Å²) < 4.78 is 0. The Morgan fingerprint density at radius 1 is 1.15 bits per heavy atom. The van der Waals surface area contributed by atoms with E-state index in [4.69, 9.17) is 4.99 Å². The van der Waals surface area contributed by atoms with Crippen molar-refractivity contribution >= 4 is 23.2 Å². The highest BCUT2D eigenvalue weighted by Crippen LogP contribution is 2.37. The van der Waals surface area contributed by atoms with Gasteiger partial charge in [-0.05, 0) is 24.8 Å². The lowest BCUT2D eigenvalue weighted by atomic mass is 9.91. The summed E-state index contributed by atoms with van der Waals surface area (Å²) in [5.74, 6) is -0.630. The minimum absolute atomic E-state index is 0.292. The molecule has 0 bridgehead atoms. The van der Waals surface area contributed by atoms with E-state index in [9.17, 15) is 14.7 Å². The van der Waals surface area contributed by atoms with Crippen molar-refractivity contribution in [2.45, 2.75) is 57.7 Å². The largest absolute Gasteiger partial charge is 0.392 e. The second kappa shape index (κ2) is 10.3. The highest BCUT2D eigenvalue weighted by Gasteiger charge is 2.37. The summed E-state index contributed by atoms with van der Waals surface area (Å²) in [4.78, 5) is 33.0. The quantitative estimate of drug-likeness (QED) is 0.611. The van der Waals surface area contributed by atoms with Gasteiger partial charge in [0.2, 0.25) is 12.1 Å². The Bertz CT molecular complexity index is 1020. The van der Waals surface area contributed by atoms with Gasteiger partial charge in [-0.3, -0.25) is 9.59 Å². The highest BCUT2D eigenvalue weighted by atomic mass is 16.3. The topological polar surface area (TPSA) is 82.0 Å². The van der Waals surface area contributed by atoms with E-state index in [1.807, 2.05) is 54.6 Å². The molecule has 6 nitrogen and oxygen atoms in total. The number of nitrogens with one attached hydrogen (secondary N) is 1. The first-order valence-corrected chi connectivity index (χ1v) is 12.0.